The van der Waals surface area contributed by atoms with E-state index in [1.807, 2.05) is 37.3 Å². The number of carbonyl (C=O) groups excluding carboxylic acids is 1. The standard InChI is InChI=1S/C17H19FN2O.ClH/c1-12(19-11-14-5-3-7-16(18)9-14)15-6-4-8-17(10-15)20-13(2)21;/h3-10,12,19H,11H2,1-2H3,(H,20,21);1H. The first-order valence-electron chi connectivity index (χ1n) is 6.90. The number of nitrogens with one attached hydrogen (secondary N) is 2. The molecule has 0 saturated carbocycles. The van der Waals surface area contributed by atoms with Crippen LogP contribution in [0.4, 0.5) is 10.1 Å². The third-order valence-electron chi connectivity index (χ3n) is 3.21. The Morgan fingerprint density at radius 2 is 1.91 bits per heavy atom. The predicted octanol–water partition coefficient (Wildman–Crippen LogP) is 4.06. The summed E-state index contributed by atoms with van der Waals surface area (Å²) in [6.45, 7) is 4.10. The Kier molecular flexibility index (Phi) is 7.02. The molecule has 0 saturated heterocycles. The lowest BCUT2D eigenvalue weighted by molar-refractivity contribution is -0.114. The summed E-state index contributed by atoms with van der Waals surface area (Å²) in [6.07, 6.45) is 0. The van der Waals surface area contributed by atoms with E-state index in [1.165, 1.54) is 19.1 Å². The van der Waals surface area contributed by atoms with Gasteiger partial charge in [-0.3, -0.25) is 4.79 Å². The van der Waals surface area contributed by atoms with Crippen LogP contribution in [0.2, 0.25) is 0 Å². The summed E-state index contributed by atoms with van der Waals surface area (Å²) in [5.41, 5.74) is 2.75. The van der Waals surface area contributed by atoms with Gasteiger partial charge >= 0.3 is 0 Å². The Labute approximate surface area is 136 Å². The van der Waals surface area contributed by atoms with E-state index in [0.29, 0.717) is 6.54 Å². The van der Waals surface area contributed by atoms with Crippen LogP contribution >= 0.6 is 12.4 Å². The van der Waals surface area contributed by atoms with Crippen LogP contribution in [0.15, 0.2) is 48.5 Å². The molecule has 1 atom stereocenters. The van der Waals surface area contributed by atoms with E-state index in [0.717, 1.165) is 16.8 Å². The van der Waals surface area contributed by atoms with Gasteiger partial charge in [0.05, 0.1) is 0 Å². The fraction of sp³-hybridized carbons (Fsp3) is 0.235. The number of halogens is 2. The first-order valence-corrected chi connectivity index (χ1v) is 6.90. The van der Waals surface area contributed by atoms with Crippen LogP contribution in [-0.2, 0) is 11.3 Å². The monoisotopic (exact) mass is 322 g/mol. The molecule has 0 fully saturated rings. The van der Waals surface area contributed by atoms with Crippen LogP contribution < -0.4 is 10.6 Å². The zero-order valence-electron chi connectivity index (χ0n) is 12.6. The molecule has 2 aromatic rings. The van der Waals surface area contributed by atoms with Gasteiger partial charge < -0.3 is 10.6 Å². The van der Waals surface area contributed by atoms with Gasteiger partial charge in [-0.25, -0.2) is 4.39 Å². The summed E-state index contributed by atoms with van der Waals surface area (Å²) in [5.74, 6) is -0.317. The van der Waals surface area contributed by atoms with Crippen molar-refractivity contribution in [3.63, 3.8) is 0 Å². The highest BCUT2D eigenvalue weighted by Gasteiger charge is 2.06. The van der Waals surface area contributed by atoms with Gasteiger partial charge in [0.2, 0.25) is 5.91 Å². The minimum absolute atomic E-state index is 0. The molecule has 0 heterocycles. The SMILES string of the molecule is CC(=O)Nc1cccc(C(C)NCc2cccc(F)c2)c1.Cl. The van der Waals surface area contributed by atoms with E-state index < -0.39 is 0 Å². The number of hydrogen-bond donors (Lipinski definition) is 2. The molecule has 3 nitrogen and oxygen atoms in total. The van der Waals surface area contributed by atoms with Crippen LogP contribution in [0.5, 0.6) is 0 Å². The first kappa shape index (κ1) is 18.1. The van der Waals surface area contributed by atoms with Crippen molar-refractivity contribution in [3.8, 4) is 0 Å². The van der Waals surface area contributed by atoms with Gasteiger partial charge in [0, 0.05) is 25.2 Å². The largest absolute Gasteiger partial charge is 0.326 e. The van der Waals surface area contributed by atoms with E-state index in [9.17, 15) is 9.18 Å². The van der Waals surface area contributed by atoms with E-state index in [4.69, 9.17) is 0 Å². The van der Waals surface area contributed by atoms with Gasteiger partial charge in [0.1, 0.15) is 5.82 Å². The Balaban J connectivity index is 0.00000242. The van der Waals surface area contributed by atoms with Gasteiger partial charge in [-0.05, 0) is 42.3 Å². The number of rotatable bonds is 5. The van der Waals surface area contributed by atoms with Crippen molar-refractivity contribution in [2.75, 3.05) is 5.32 Å². The molecule has 0 aliphatic heterocycles. The normalized spacial score (nSPS) is 11.4. The van der Waals surface area contributed by atoms with E-state index in [2.05, 4.69) is 10.6 Å². The molecule has 0 spiro atoms. The Morgan fingerprint density at radius 1 is 1.18 bits per heavy atom. The minimum atomic E-state index is -0.227. The van der Waals surface area contributed by atoms with Crippen LogP contribution in [-0.4, -0.2) is 5.91 Å². The molecule has 0 radical (unpaired) electrons. The second-order valence-electron chi connectivity index (χ2n) is 5.04. The van der Waals surface area contributed by atoms with Crippen molar-refractivity contribution in [2.24, 2.45) is 0 Å². The molecule has 1 unspecified atom stereocenters. The fourth-order valence-corrected chi connectivity index (χ4v) is 2.12. The molecule has 22 heavy (non-hydrogen) atoms. The molecule has 2 rings (SSSR count). The lowest BCUT2D eigenvalue weighted by Crippen LogP contribution is -2.18. The maximum absolute atomic E-state index is 13.1. The van der Waals surface area contributed by atoms with Crippen LogP contribution in [0.1, 0.15) is 31.0 Å². The lowest BCUT2D eigenvalue weighted by Gasteiger charge is -2.15. The number of amides is 1. The smallest absolute Gasteiger partial charge is 0.221 e. The van der Waals surface area contributed by atoms with E-state index in [-0.39, 0.29) is 30.2 Å². The molecule has 1 amide bonds. The van der Waals surface area contributed by atoms with Crippen molar-refractivity contribution < 1.29 is 9.18 Å². The molecule has 0 aliphatic carbocycles. The minimum Gasteiger partial charge on any atom is -0.326 e. The van der Waals surface area contributed by atoms with E-state index >= 15 is 0 Å². The third-order valence-corrected chi connectivity index (χ3v) is 3.21. The average Bonchev–Trinajstić information content (AvgIpc) is 2.44. The first-order chi connectivity index (χ1) is 10.0. The van der Waals surface area contributed by atoms with Crippen LogP contribution in [0.3, 0.4) is 0 Å². The van der Waals surface area contributed by atoms with Crippen molar-refractivity contribution >= 4 is 24.0 Å². The number of anilines is 1. The molecule has 0 bridgehead atoms. The average molecular weight is 323 g/mol. The zero-order chi connectivity index (χ0) is 15.2. The Hall–Kier alpha value is -1.91. The van der Waals surface area contributed by atoms with Gasteiger partial charge in [0.15, 0.2) is 0 Å². The molecular weight excluding hydrogens is 303 g/mol. The summed E-state index contributed by atoms with van der Waals surface area (Å²) in [6, 6.07) is 14.3. The maximum Gasteiger partial charge on any atom is 0.221 e. The summed E-state index contributed by atoms with van der Waals surface area (Å²) >= 11 is 0. The molecule has 5 heteroatoms. The van der Waals surface area contributed by atoms with Crippen molar-refractivity contribution in [1.82, 2.24) is 5.32 Å². The van der Waals surface area contributed by atoms with Gasteiger partial charge in [0.25, 0.3) is 0 Å². The number of carbonyl (C=O) groups is 1. The van der Waals surface area contributed by atoms with Crippen LogP contribution in [0.25, 0.3) is 0 Å². The van der Waals surface area contributed by atoms with Gasteiger partial charge in [-0.1, -0.05) is 24.3 Å². The highest BCUT2D eigenvalue weighted by molar-refractivity contribution is 5.88. The molecule has 0 aliphatic rings. The molecule has 2 N–H and O–H groups in total. The van der Waals surface area contributed by atoms with Crippen LogP contribution in [0, 0.1) is 5.82 Å². The third kappa shape index (κ3) is 5.47. The molecule has 0 aromatic heterocycles. The fourth-order valence-electron chi connectivity index (χ4n) is 2.12. The quantitative estimate of drug-likeness (QED) is 0.871. The van der Waals surface area contributed by atoms with Gasteiger partial charge in [-0.15, -0.1) is 12.4 Å². The second-order valence-corrected chi connectivity index (χ2v) is 5.04. The topological polar surface area (TPSA) is 41.1 Å². The maximum atomic E-state index is 13.1. The summed E-state index contributed by atoms with van der Waals surface area (Å²) in [7, 11) is 0. The van der Waals surface area contributed by atoms with Crippen molar-refractivity contribution in [1.29, 1.82) is 0 Å². The summed E-state index contributed by atoms with van der Waals surface area (Å²) < 4.78 is 13.1. The highest BCUT2D eigenvalue weighted by atomic mass is 35.5. The Bertz CT molecular complexity index is 634. The van der Waals surface area contributed by atoms with Gasteiger partial charge in [-0.2, -0.15) is 0 Å². The zero-order valence-corrected chi connectivity index (χ0v) is 13.4. The Morgan fingerprint density at radius 3 is 2.59 bits per heavy atom. The molecule has 2 aromatic carbocycles. The van der Waals surface area contributed by atoms with Crippen molar-refractivity contribution in [3.05, 3.63) is 65.5 Å². The number of hydrogen-bond acceptors (Lipinski definition) is 2. The lowest BCUT2D eigenvalue weighted by atomic mass is 10.1. The second kappa shape index (κ2) is 8.51. The summed E-state index contributed by atoms with van der Waals surface area (Å²) in [5, 5.41) is 6.11. The highest BCUT2D eigenvalue weighted by Crippen LogP contribution is 2.18. The number of benzene rings is 2. The molecule has 118 valence electrons. The predicted molar refractivity (Wildman–Crippen MR) is 89.6 cm³/mol. The van der Waals surface area contributed by atoms with Crippen molar-refractivity contribution in [2.45, 2.75) is 26.4 Å². The molecular formula is C17H20ClFN2O. The van der Waals surface area contributed by atoms with E-state index in [1.54, 1.807) is 6.07 Å². The summed E-state index contributed by atoms with van der Waals surface area (Å²) in [4.78, 5) is 11.1.